The van der Waals surface area contributed by atoms with E-state index < -0.39 is 0 Å². The van der Waals surface area contributed by atoms with Crippen LogP contribution in [0.4, 0.5) is 0 Å². The van der Waals surface area contributed by atoms with Crippen LogP contribution < -0.4 is 0 Å². The highest BCUT2D eigenvalue weighted by Crippen LogP contribution is 2.22. The fourth-order valence-electron chi connectivity index (χ4n) is 2.07. The molecule has 0 spiro atoms. The molecule has 0 aliphatic carbocycles. The molecule has 0 fully saturated rings. The second-order valence-corrected chi connectivity index (χ2v) is 5.12. The summed E-state index contributed by atoms with van der Waals surface area (Å²) in [5.41, 5.74) is 2.77. The first-order valence-electron chi connectivity index (χ1n) is 6.08. The van der Waals surface area contributed by atoms with Crippen molar-refractivity contribution >= 4 is 23.1 Å². The summed E-state index contributed by atoms with van der Waals surface area (Å²) < 4.78 is 2.07. The van der Waals surface area contributed by atoms with E-state index >= 15 is 0 Å². The molecule has 0 saturated heterocycles. The first kappa shape index (κ1) is 12.2. The second kappa shape index (κ2) is 5.01. The van der Waals surface area contributed by atoms with Gasteiger partial charge in [0.1, 0.15) is 5.03 Å². The Labute approximate surface area is 115 Å². The monoisotopic (exact) mass is 270 g/mol. The minimum Gasteiger partial charge on any atom is -0.307 e. The Kier molecular flexibility index (Phi) is 3.21. The molecule has 4 nitrogen and oxygen atoms in total. The largest absolute Gasteiger partial charge is 0.307 e. The number of hydrogen-bond acceptors (Lipinski definition) is 4. The van der Waals surface area contributed by atoms with Crippen LogP contribution in [0.1, 0.15) is 18.5 Å². The topological polar surface area (TPSA) is 43.6 Å². The summed E-state index contributed by atoms with van der Waals surface area (Å²) in [5, 5.41) is 0.912. The van der Waals surface area contributed by atoms with Crippen molar-refractivity contribution in [3.05, 3.63) is 48.4 Å². The van der Waals surface area contributed by atoms with Crippen LogP contribution in [0, 0.1) is 0 Å². The van der Waals surface area contributed by atoms with Gasteiger partial charge in [-0.2, -0.15) is 0 Å². The lowest BCUT2D eigenvalue weighted by atomic mass is 10.1. The van der Waals surface area contributed by atoms with Gasteiger partial charge < -0.3 is 4.57 Å². The average molecular weight is 270 g/mol. The van der Waals surface area contributed by atoms with E-state index in [0.29, 0.717) is 5.65 Å². The van der Waals surface area contributed by atoms with Crippen LogP contribution in [0.2, 0.25) is 0 Å². The van der Waals surface area contributed by atoms with Crippen molar-refractivity contribution in [2.45, 2.75) is 18.0 Å². The van der Waals surface area contributed by atoms with Crippen LogP contribution >= 0.6 is 11.8 Å². The second-order valence-electron chi connectivity index (χ2n) is 4.30. The summed E-state index contributed by atoms with van der Waals surface area (Å²) in [6, 6.07) is 10.5. The third-order valence-corrected chi connectivity index (χ3v) is 3.79. The van der Waals surface area contributed by atoms with Gasteiger partial charge >= 0.3 is 0 Å². The van der Waals surface area contributed by atoms with Gasteiger partial charge in [0.15, 0.2) is 11.3 Å². The van der Waals surface area contributed by atoms with Gasteiger partial charge in [-0.3, -0.25) is 0 Å². The SMILES string of the molecule is CSc1cnc2ncn([C@H](C)c3ccccc3)c2n1. The van der Waals surface area contributed by atoms with Crippen molar-refractivity contribution in [1.82, 2.24) is 19.5 Å². The van der Waals surface area contributed by atoms with Gasteiger partial charge in [0, 0.05) is 0 Å². The quantitative estimate of drug-likeness (QED) is 0.686. The van der Waals surface area contributed by atoms with Gasteiger partial charge in [-0.15, -0.1) is 11.8 Å². The van der Waals surface area contributed by atoms with E-state index in [1.807, 2.05) is 30.8 Å². The molecule has 5 heteroatoms. The lowest BCUT2D eigenvalue weighted by Crippen LogP contribution is -2.06. The molecule has 0 aliphatic heterocycles. The molecule has 2 aromatic heterocycles. The van der Waals surface area contributed by atoms with Crippen LogP contribution in [-0.2, 0) is 0 Å². The number of nitrogens with zero attached hydrogens (tertiary/aromatic N) is 4. The molecule has 19 heavy (non-hydrogen) atoms. The van der Waals surface area contributed by atoms with E-state index in [9.17, 15) is 0 Å². The number of aromatic nitrogens is 4. The molecular weight excluding hydrogens is 256 g/mol. The summed E-state index contributed by atoms with van der Waals surface area (Å²) in [5.74, 6) is 0. The van der Waals surface area contributed by atoms with E-state index in [1.54, 1.807) is 18.0 Å². The van der Waals surface area contributed by atoms with Gasteiger partial charge in [-0.05, 0) is 18.7 Å². The molecule has 1 aromatic carbocycles. The number of fused-ring (bicyclic) bond motifs is 1. The number of hydrogen-bond donors (Lipinski definition) is 0. The van der Waals surface area contributed by atoms with Crippen molar-refractivity contribution in [1.29, 1.82) is 0 Å². The molecule has 1 atom stereocenters. The van der Waals surface area contributed by atoms with Crippen molar-refractivity contribution in [2.24, 2.45) is 0 Å². The summed E-state index contributed by atoms with van der Waals surface area (Å²) in [4.78, 5) is 13.3. The lowest BCUT2D eigenvalue weighted by molar-refractivity contribution is 0.650. The normalized spacial score (nSPS) is 12.7. The molecular formula is C14H14N4S. The molecule has 0 amide bonds. The standard InChI is InChI=1S/C14H14N4S/c1-10(11-6-4-3-5-7-11)18-9-16-13-14(18)17-12(19-2)8-15-13/h3-10H,1-2H3/t10-/m1/s1. The zero-order valence-corrected chi connectivity index (χ0v) is 11.6. The van der Waals surface area contributed by atoms with Crippen molar-refractivity contribution in [3.8, 4) is 0 Å². The van der Waals surface area contributed by atoms with Crippen molar-refractivity contribution in [3.63, 3.8) is 0 Å². The fourth-order valence-corrected chi connectivity index (χ4v) is 2.40. The Hall–Kier alpha value is -1.88. The molecule has 0 saturated carbocycles. The van der Waals surface area contributed by atoms with Crippen LogP contribution in [0.3, 0.4) is 0 Å². The molecule has 0 bridgehead atoms. The maximum absolute atomic E-state index is 4.60. The fraction of sp³-hybridized carbons (Fsp3) is 0.214. The molecule has 3 aromatic rings. The highest BCUT2D eigenvalue weighted by molar-refractivity contribution is 7.98. The molecule has 3 rings (SSSR count). The predicted molar refractivity (Wildman–Crippen MR) is 77.4 cm³/mol. The Balaban J connectivity index is 2.09. The van der Waals surface area contributed by atoms with E-state index in [4.69, 9.17) is 0 Å². The van der Waals surface area contributed by atoms with Crippen LogP contribution in [0.25, 0.3) is 11.3 Å². The Morgan fingerprint density at radius 3 is 2.68 bits per heavy atom. The smallest absolute Gasteiger partial charge is 0.197 e. The van der Waals surface area contributed by atoms with Gasteiger partial charge in [0.25, 0.3) is 0 Å². The highest BCUT2D eigenvalue weighted by atomic mass is 32.2. The third-order valence-electron chi connectivity index (χ3n) is 3.17. The Bertz CT molecular complexity index is 693. The van der Waals surface area contributed by atoms with Gasteiger partial charge in [0.05, 0.1) is 18.6 Å². The zero-order valence-electron chi connectivity index (χ0n) is 10.8. The Morgan fingerprint density at radius 2 is 1.95 bits per heavy atom. The maximum Gasteiger partial charge on any atom is 0.197 e. The van der Waals surface area contributed by atoms with Gasteiger partial charge in [-0.25, -0.2) is 15.0 Å². The highest BCUT2D eigenvalue weighted by Gasteiger charge is 2.13. The summed E-state index contributed by atoms with van der Waals surface area (Å²) in [6.07, 6.45) is 5.57. The molecule has 0 aliphatic rings. The zero-order chi connectivity index (χ0) is 13.2. The Morgan fingerprint density at radius 1 is 1.16 bits per heavy atom. The van der Waals surface area contributed by atoms with Crippen LogP contribution in [0.15, 0.2) is 47.9 Å². The van der Waals surface area contributed by atoms with E-state index in [-0.39, 0.29) is 6.04 Å². The van der Waals surface area contributed by atoms with Crippen molar-refractivity contribution < 1.29 is 0 Å². The number of benzene rings is 1. The summed E-state index contributed by atoms with van der Waals surface area (Å²) in [7, 11) is 0. The van der Waals surface area contributed by atoms with Crippen LogP contribution in [-0.4, -0.2) is 25.8 Å². The maximum atomic E-state index is 4.60. The summed E-state index contributed by atoms with van der Waals surface area (Å²) in [6.45, 7) is 2.14. The number of thioether (sulfide) groups is 1. The molecule has 0 N–H and O–H groups in total. The first-order chi connectivity index (χ1) is 9.29. The summed E-state index contributed by atoms with van der Waals surface area (Å²) >= 11 is 1.59. The average Bonchev–Trinajstić information content (AvgIpc) is 2.90. The van der Waals surface area contributed by atoms with E-state index in [0.717, 1.165) is 10.7 Å². The lowest BCUT2D eigenvalue weighted by Gasteiger charge is -2.14. The number of imidazole rings is 1. The first-order valence-corrected chi connectivity index (χ1v) is 7.30. The third kappa shape index (κ3) is 2.21. The van der Waals surface area contributed by atoms with E-state index in [2.05, 4.69) is 38.6 Å². The van der Waals surface area contributed by atoms with Gasteiger partial charge in [-0.1, -0.05) is 30.3 Å². The molecule has 96 valence electrons. The van der Waals surface area contributed by atoms with Crippen LogP contribution in [0.5, 0.6) is 0 Å². The molecule has 0 radical (unpaired) electrons. The predicted octanol–water partition coefficient (Wildman–Crippen LogP) is 3.16. The minimum atomic E-state index is 0.192. The van der Waals surface area contributed by atoms with Crippen molar-refractivity contribution in [2.75, 3.05) is 6.26 Å². The molecule has 2 heterocycles. The number of rotatable bonds is 3. The molecule has 0 unspecified atom stereocenters. The minimum absolute atomic E-state index is 0.192. The van der Waals surface area contributed by atoms with E-state index in [1.165, 1.54) is 5.56 Å². The van der Waals surface area contributed by atoms with Gasteiger partial charge in [0.2, 0.25) is 0 Å².